The topological polar surface area (TPSA) is 167 Å². The van der Waals surface area contributed by atoms with Crippen LogP contribution >= 0.6 is 11.6 Å². The molecule has 4 aromatic heterocycles. The van der Waals surface area contributed by atoms with Gasteiger partial charge in [0.2, 0.25) is 6.29 Å². The Morgan fingerprint density at radius 3 is 2.80 bits per heavy atom. The summed E-state index contributed by atoms with van der Waals surface area (Å²) in [5.74, 6) is 0.304. The van der Waals surface area contributed by atoms with Gasteiger partial charge < -0.3 is 21.1 Å². The van der Waals surface area contributed by atoms with Gasteiger partial charge in [-0.25, -0.2) is 14.0 Å². The predicted molar refractivity (Wildman–Crippen MR) is 138 cm³/mol. The van der Waals surface area contributed by atoms with Gasteiger partial charge in [-0.3, -0.25) is 9.59 Å². The maximum absolute atomic E-state index is 13.2. The molecule has 1 aliphatic rings. The normalized spacial score (nSPS) is 16.2. The molecule has 0 radical (unpaired) electrons. The molecular weight excluding hydrogens is 555 g/mol. The highest BCUT2D eigenvalue weighted by molar-refractivity contribution is 6.34. The second-order valence-electron chi connectivity index (χ2n) is 8.95. The number of anilines is 2. The van der Waals surface area contributed by atoms with Gasteiger partial charge in [0.15, 0.2) is 11.5 Å². The zero-order valence-corrected chi connectivity index (χ0v) is 21.7. The fourth-order valence-corrected chi connectivity index (χ4v) is 4.76. The van der Waals surface area contributed by atoms with Crippen LogP contribution in [-0.4, -0.2) is 66.9 Å². The van der Waals surface area contributed by atoms with E-state index in [1.165, 1.54) is 10.7 Å². The van der Waals surface area contributed by atoms with E-state index in [2.05, 4.69) is 26.6 Å². The van der Waals surface area contributed by atoms with Crippen LogP contribution in [-0.2, 0) is 4.79 Å². The standard InChI is InChI=1S/C22H22ClN9O2.C2HF3O/c1-12(28-21(34)17-19(25)29-31-7-3-5-26-20(17)31)15-8-16(23)18-13(9-24)10-27-32(18)22(15)30-6-2-4-14(33)11-30;3-2(4,5)1-6/h3,5,7-8,10,12,14,33H,2,4,6,11H2,1H3,(H2,25,29)(H,28,34);1H/t12?,14-;/m0./s1. The molecule has 2 atom stereocenters. The third-order valence-electron chi connectivity index (χ3n) is 6.15. The van der Waals surface area contributed by atoms with Gasteiger partial charge in [-0.15, -0.1) is 5.10 Å². The van der Waals surface area contributed by atoms with Gasteiger partial charge in [-0.05, 0) is 31.9 Å². The first-order valence-corrected chi connectivity index (χ1v) is 12.3. The van der Waals surface area contributed by atoms with Crippen molar-refractivity contribution >= 4 is 46.6 Å². The minimum atomic E-state index is -4.64. The zero-order valence-electron chi connectivity index (χ0n) is 20.9. The number of alkyl halides is 3. The number of nitrogens with one attached hydrogen (secondary N) is 1. The summed E-state index contributed by atoms with van der Waals surface area (Å²) in [6.07, 6.45) is -0.00378. The number of halogens is 4. The largest absolute Gasteiger partial charge is 0.446 e. The first kappa shape index (κ1) is 28.6. The van der Waals surface area contributed by atoms with Crippen LogP contribution in [0.4, 0.5) is 24.8 Å². The lowest BCUT2D eigenvalue weighted by Gasteiger charge is -2.34. The molecule has 210 valence electrons. The van der Waals surface area contributed by atoms with Gasteiger partial charge in [0.1, 0.15) is 23.0 Å². The molecule has 1 amide bonds. The van der Waals surface area contributed by atoms with Crippen molar-refractivity contribution in [3.63, 3.8) is 0 Å². The number of nitrogen functional groups attached to an aromatic ring is 1. The second-order valence-corrected chi connectivity index (χ2v) is 9.35. The van der Waals surface area contributed by atoms with Gasteiger partial charge in [0.05, 0.1) is 28.9 Å². The Kier molecular flexibility index (Phi) is 8.12. The van der Waals surface area contributed by atoms with Gasteiger partial charge >= 0.3 is 6.18 Å². The first-order chi connectivity index (χ1) is 18.9. The number of fused-ring (bicyclic) bond motifs is 2. The number of nitriles is 1. The van der Waals surface area contributed by atoms with Gasteiger partial charge in [0, 0.05) is 31.0 Å². The Labute approximate surface area is 229 Å². The summed E-state index contributed by atoms with van der Waals surface area (Å²) in [5, 5.41) is 31.7. The molecule has 40 heavy (non-hydrogen) atoms. The molecule has 0 aliphatic carbocycles. The van der Waals surface area contributed by atoms with E-state index < -0.39 is 30.5 Å². The monoisotopic (exact) mass is 577 g/mol. The molecule has 0 saturated carbocycles. The molecular formula is C24H23ClF3N9O3. The van der Waals surface area contributed by atoms with Crippen LogP contribution in [0.25, 0.3) is 11.2 Å². The highest BCUT2D eigenvalue weighted by atomic mass is 35.5. The Hall–Kier alpha value is -4.42. The number of rotatable bonds is 4. The molecule has 5 heterocycles. The lowest BCUT2D eigenvalue weighted by Crippen LogP contribution is -2.40. The van der Waals surface area contributed by atoms with E-state index >= 15 is 0 Å². The number of amides is 1. The van der Waals surface area contributed by atoms with Crippen molar-refractivity contribution in [3.05, 3.63) is 52.4 Å². The Morgan fingerprint density at radius 1 is 1.43 bits per heavy atom. The Bertz CT molecular complexity index is 1610. The van der Waals surface area contributed by atoms with Gasteiger partial charge in [-0.1, -0.05) is 11.6 Å². The van der Waals surface area contributed by atoms with Gasteiger partial charge in [0.25, 0.3) is 5.91 Å². The third-order valence-corrected chi connectivity index (χ3v) is 6.44. The van der Waals surface area contributed by atoms with Crippen molar-refractivity contribution in [2.75, 3.05) is 23.7 Å². The maximum atomic E-state index is 13.2. The average molecular weight is 578 g/mol. The summed E-state index contributed by atoms with van der Waals surface area (Å²) in [5.41, 5.74) is 8.06. The van der Waals surface area contributed by atoms with Crippen LogP contribution in [0.15, 0.2) is 30.7 Å². The number of piperidine rings is 1. The van der Waals surface area contributed by atoms with E-state index in [1.807, 2.05) is 11.8 Å². The highest BCUT2D eigenvalue weighted by Gasteiger charge is 2.29. The van der Waals surface area contributed by atoms with E-state index in [-0.39, 0.29) is 11.4 Å². The molecule has 0 spiro atoms. The summed E-state index contributed by atoms with van der Waals surface area (Å²) in [6, 6.07) is 5.03. The van der Waals surface area contributed by atoms with Crippen LogP contribution in [0.1, 0.15) is 47.3 Å². The molecule has 1 fully saturated rings. The van der Waals surface area contributed by atoms with E-state index in [9.17, 15) is 28.3 Å². The fourth-order valence-electron chi connectivity index (χ4n) is 4.46. The molecule has 16 heteroatoms. The molecule has 4 N–H and O–H groups in total. The van der Waals surface area contributed by atoms with Crippen LogP contribution in [0.2, 0.25) is 5.02 Å². The van der Waals surface area contributed by atoms with Crippen molar-refractivity contribution in [2.45, 2.75) is 38.1 Å². The molecule has 5 rings (SSSR count). The van der Waals surface area contributed by atoms with E-state index in [4.69, 9.17) is 22.1 Å². The number of aromatic nitrogens is 5. The number of carbonyl (C=O) groups excluding carboxylic acids is 2. The lowest BCUT2D eigenvalue weighted by molar-refractivity contribution is -0.156. The fraction of sp³-hybridized carbons (Fsp3) is 0.333. The highest BCUT2D eigenvalue weighted by Crippen LogP contribution is 2.35. The Balaban J connectivity index is 0.000000557. The lowest BCUT2D eigenvalue weighted by atomic mass is 10.0. The average Bonchev–Trinajstić information content (AvgIpc) is 3.49. The van der Waals surface area contributed by atoms with E-state index in [1.54, 1.807) is 29.0 Å². The van der Waals surface area contributed by atoms with Crippen LogP contribution in [0.3, 0.4) is 0 Å². The molecule has 1 aliphatic heterocycles. The molecule has 12 nitrogen and oxygen atoms in total. The number of nitrogens with zero attached hydrogens (tertiary/aromatic N) is 7. The van der Waals surface area contributed by atoms with Crippen LogP contribution in [0.5, 0.6) is 0 Å². The van der Waals surface area contributed by atoms with E-state index in [0.29, 0.717) is 52.6 Å². The maximum Gasteiger partial charge on any atom is 0.446 e. The van der Waals surface area contributed by atoms with Crippen molar-refractivity contribution < 1.29 is 27.9 Å². The number of nitrogens with two attached hydrogens (primary N) is 1. The van der Waals surface area contributed by atoms with Crippen molar-refractivity contribution in [1.29, 1.82) is 5.26 Å². The summed E-state index contributed by atoms with van der Waals surface area (Å²) < 4.78 is 34.3. The number of β-amino-alcohol motifs (C(OH)–C–C–N with tert-alkyl or cyclic N) is 1. The quantitative estimate of drug-likeness (QED) is 0.309. The molecule has 1 unspecified atom stereocenters. The summed E-state index contributed by atoms with van der Waals surface area (Å²) >= 11 is 6.57. The number of pyridine rings is 1. The molecule has 1 saturated heterocycles. The number of hydrogen-bond acceptors (Lipinski definition) is 9. The summed E-state index contributed by atoms with van der Waals surface area (Å²) in [7, 11) is 0. The number of hydrogen-bond donors (Lipinski definition) is 3. The predicted octanol–water partition coefficient (Wildman–Crippen LogP) is 2.68. The van der Waals surface area contributed by atoms with Crippen LogP contribution in [0, 0.1) is 11.3 Å². The van der Waals surface area contributed by atoms with E-state index in [0.717, 1.165) is 6.42 Å². The van der Waals surface area contributed by atoms with Crippen molar-refractivity contribution in [2.24, 2.45) is 0 Å². The summed E-state index contributed by atoms with van der Waals surface area (Å²) in [6.45, 7) is 2.91. The number of aliphatic hydroxyl groups is 1. The van der Waals surface area contributed by atoms with Gasteiger partial charge in [-0.2, -0.15) is 23.5 Å². The van der Waals surface area contributed by atoms with Crippen molar-refractivity contribution in [3.8, 4) is 6.07 Å². The van der Waals surface area contributed by atoms with Crippen molar-refractivity contribution in [1.82, 2.24) is 29.5 Å². The third kappa shape index (κ3) is 5.77. The zero-order chi connectivity index (χ0) is 29.2. The summed E-state index contributed by atoms with van der Waals surface area (Å²) in [4.78, 5) is 28.2. The minimum absolute atomic E-state index is 0.0713. The Morgan fingerprint density at radius 2 is 2.15 bits per heavy atom. The smallest absolute Gasteiger partial charge is 0.391 e. The van der Waals surface area contributed by atoms with Crippen LogP contribution < -0.4 is 16.0 Å². The molecule has 0 aromatic carbocycles. The number of aldehydes is 1. The minimum Gasteiger partial charge on any atom is -0.391 e. The first-order valence-electron chi connectivity index (χ1n) is 11.9. The second kappa shape index (κ2) is 11.4. The number of aliphatic hydroxyl groups excluding tert-OH is 1. The molecule has 0 bridgehead atoms. The molecule has 4 aromatic rings. The number of carbonyl (C=O) groups is 2. The SMILES string of the molecule is CC(NC(=O)c1c(N)nn2cccnc12)c1cc(Cl)c2c(C#N)cnn2c1N1CCC[C@H](O)C1.O=CC(F)(F)F.